The Morgan fingerprint density at radius 2 is 0.403 bits per heavy atom. The van der Waals surface area contributed by atoms with Gasteiger partial charge in [-0.25, -0.2) is 0 Å². The lowest BCUT2D eigenvalue weighted by Gasteiger charge is -2.23. The third-order valence-corrected chi connectivity index (χ3v) is 16.4. The molecular formula is C72H76. The second kappa shape index (κ2) is 20.6. The van der Waals surface area contributed by atoms with Crippen molar-refractivity contribution < 1.29 is 0 Å². The van der Waals surface area contributed by atoms with Gasteiger partial charge in [-0.3, -0.25) is 0 Å². The van der Waals surface area contributed by atoms with Gasteiger partial charge in [0.2, 0.25) is 0 Å². The number of hydrogen-bond donors (Lipinski definition) is 0. The van der Waals surface area contributed by atoms with Gasteiger partial charge in [0.05, 0.1) is 0 Å². The minimum absolute atomic E-state index is 1.19. The van der Waals surface area contributed by atoms with E-state index in [-0.39, 0.29) is 0 Å². The summed E-state index contributed by atoms with van der Waals surface area (Å²) in [7, 11) is 0. The van der Waals surface area contributed by atoms with E-state index in [1.807, 2.05) is 13.8 Å². The zero-order valence-corrected chi connectivity index (χ0v) is 46.7. The number of rotatable bonds is 8. The maximum Gasteiger partial charge on any atom is -0.00262 e. The van der Waals surface area contributed by atoms with Gasteiger partial charge in [0.1, 0.15) is 0 Å². The molecule has 0 aromatic heterocycles. The van der Waals surface area contributed by atoms with Gasteiger partial charge in [-0.2, -0.15) is 0 Å². The first-order valence-electron chi connectivity index (χ1n) is 26.2. The molecule has 0 N–H and O–H groups in total. The molecule has 0 unspecified atom stereocenters. The molecule has 0 heteroatoms. The van der Waals surface area contributed by atoms with Crippen LogP contribution in [0.1, 0.15) is 103 Å². The van der Waals surface area contributed by atoms with Gasteiger partial charge in [-0.05, 0) is 331 Å². The Morgan fingerprint density at radius 3 is 0.694 bits per heavy atom. The van der Waals surface area contributed by atoms with Gasteiger partial charge in [0, 0.05) is 0 Å². The molecule has 0 saturated heterocycles. The van der Waals surface area contributed by atoms with Crippen LogP contribution in [0, 0.1) is 111 Å². The van der Waals surface area contributed by atoms with Crippen molar-refractivity contribution in [2.24, 2.45) is 0 Å². The molecule has 364 valence electrons. The maximum absolute atomic E-state index is 2.50. The molecule has 9 aromatic rings. The fourth-order valence-corrected chi connectivity index (χ4v) is 10.8. The van der Waals surface area contributed by atoms with E-state index in [1.54, 1.807) is 0 Å². The molecule has 0 aliphatic carbocycles. The van der Waals surface area contributed by atoms with E-state index >= 15 is 0 Å². The van der Waals surface area contributed by atoms with Crippen molar-refractivity contribution in [3.05, 3.63) is 222 Å². The lowest BCUT2D eigenvalue weighted by Crippen LogP contribution is -1.98. The van der Waals surface area contributed by atoms with Crippen molar-refractivity contribution >= 4 is 0 Å². The summed E-state index contributed by atoms with van der Waals surface area (Å²) < 4.78 is 0. The predicted octanol–water partition coefficient (Wildman–Crippen LogP) is 21.0. The second-order valence-electron chi connectivity index (χ2n) is 21.0. The highest BCUT2D eigenvalue weighted by Gasteiger charge is 2.22. The lowest BCUT2D eigenvalue weighted by molar-refractivity contribution is 1.26. The molecule has 0 spiro atoms. The van der Waals surface area contributed by atoms with E-state index in [4.69, 9.17) is 0 Å². The smallest absolute Gasteiger partial charge is 0.00262 e. The number of hydrogen-bond acceptors (Lipinski definition) is 0. The van der Waals surface area contributed by atoms with Crippen LogP contribution >= 0.6 is 0 Å². The number of benzene rings is 9. The van der Waals surface area contributed by atoms with E-state index in [9.17, 15) is 0 Å². The first-order chi connectivity index (χ1) is 34.3. The summed E-state index contributed by atoms with van der Waals surface area (Å²) in [6, 6.07) is 52.2. The Balaban J connectivity index is 0.00000342. The molecule has 0 saturated carbocycles. The highest BCUT2D eigenvalue weighted by Crippen LogP contribution is 2.47. The molecule has 0 amide bonds. The van der Waals surface area contributed by atoms with Crippen LogP contribution in [0.4, 0.5) is 0 Å². The van der Waals surface area contributed by atoms with Gasteiger partial charge in [0.25, 0.3) is 0 Å². The van der Waals surface area contributed by atoms with Gasteiger partial charge in [-0.1, -0.05) is 105 Å². The van der Waals surface area contributed by atoms with Gasteiger partial charge in [0.15, 0.2) is 0 Å². The van der Waals surface area contributed by atoms with E-state index in [0.717, 1.165) is 0 Å². The van der Waals surface area contributed by atoms with Crippen LogP contribution in [0.25, 0.3) is 89.0 Å². The molecule has 0 fully saturated rings. The largest absolute Gasteiger partial charge is 0.0683 e. The third-order valence-electron chi connectivity index (χ3n) is 16.4. The van der Waals surface area contributed by atoms with E-state index in [2.05, 4.69) is 244 Å². The van der Waals surface area contributed by atoms with Gasteiger partial charge >= 0.3 is 0 Å². The van der Waals surface area contributed by atoms with Crippen molar-refractivity contribution in [1.29, 1.82) is 0 Å². The topological polar surface area (TPSA) is 0 Å². The van der Waals surface area contributed by atoms with E-state index < -0.39 is 0 Å². The van der Waals surface area contributed by atoms with Crippen LogP contribution in [0.15, 0.2) is 133 Å². The summed E-state index contributed by atoms with van der Waals surface area (Å²) in [4.78, 5) is 0. The summed E-state index contributed by atoms with van der Waals surface area (Å²) in [5.74, 6) is 0. The van der Waals surface area contributed by atoms with E-state index in [0.29, 0.717) is 0 Å². The van der Waals surface area contributed by atoms with Crippen molar-refractivity contribution in [2.45, 2.75) is 125 Å². The normalized spacial score (nSPS) is 11.2. The SMILES string of the molecule is CC.Cc1cc(-c2cc(-c3cc(-c4ccccc4)cc(-c4cc(-c5cc(C)c(C)c(C)c5)c(-c5cc(C)c(C)c(C)c5)c(-c5cc(C)c(C)c(C)c5)c4)c3)cc(-c3cc(C)c(C)c(C)c3)c2C)cc(C)c1C. The molecule has 0 bridgehead atoms. The third kappa shape index (κ3) is 9.82. The highest BCUT2D eigenvalue weighted by molar-refractivity contribution is 5.99. The predicted molar refractivity (Wildman–Crippen MR) is 317 cm³/mol. The monoisotopic (exact) mass is 941 g/mol. The fraction of sp³-hybridized carbons (Fsp3) is 0.250. The highest BCUT2D eigenvalue weighted by atomic mass is 14.3. The van der Waals surface area contributed by atoms with Gasteiger partial charge < -0.3 is 0 Å². The quantitative estimate of drug-likeness (QED) is 0.142. The minimum atomic E-state index is 1.19. The fourth-order valence-electron chi connectivity index (χ4n) is 10.8. The van der Waals surface area contributed by atoms with Crippen molar-refractivity contribution in [2.75, 3.05) is 0 Å². The molecule has 0 radical (unpaired) electrons. The summed E-state index contributed by atoms with van der Waals surface area (Å²) in [6.07, 6.45) is 0. The van der Waals surface area contributed by atoms with Gasteiger partial charge in [-0.15, -0.1) is 0 Å². The molecule has 72 heavy (non-hydrogen) atoms. The summed E-state index contributed by atoms with van der Waals surface area (Å²) in [6.45, 7) is 40.2. The van der Waals surface area contributed by atoms with Crippen LogP contribution in [-0.4, -0.2) is 0 Å². The Hall–Kier alpha value is -7.02. The first-order valence-corrected chi connectivity index (χ1v) is 26.2. The van der Waals surface area contributed by atoms with Crippen molar-refractivity contribution in [1.82, 2.24) is 0 Å². The van der Waals surface area contributed by atoms with Crippen molar-refractivity contribution in [3.63, 3.8) is 0 Å². The Kier molecular flexibility index (Phi) is 14.7. The Bertz CT molecular complexity index is 3300. The molecule has 9 aromatic carbocycles. The zero-order valence-electron chi connectivity index (χ0n) is 46.7. The average Bonchev–Trinajstić information content (AvgIpc) is 3.37. The molecule has 0 aliphatic rings. The molecule has 9 rings (SSSR count). The second-order valence-corrected chi connectivity index (χ2v) is 21.0. The molecule has 0 nitrogen and oxygen atoms in total. The number of aryl methyl sites for hydroxylation is 10. The molecule has 0 heterocycles. The molecule has 0 atom stereocenters. The summed E-state index contributed by atoms with van der Waals surface area (Å²) >= 11 is 0. The maximum atomic E-state index is 2.50. The van der Waals surface area contributed by atoms with Crippen LogP contribution in [-0.2, 0) is 0 Å². The minimum Gasteiger partial charge on any atom is -0.0683 e. The van der Waals surface area contributed by atoms with Crippen LogP contribution in [0.2, 0.25) is 0 Å². The lowest BCUT2D eigenvalue weighted by atomic mass is 9.81. The molecule has 0 aliphatic heterocycles. The Morgan fingerprint density at radius 1 is 0.181 bits per heavy atom. The van der Waals surface area contributed by atoms with Crippen molar-refractivity contribution in [3.8, 4) is 89.0 Å². The van der Waals surface area contributed by atoms with Crippen LogP contribution in [0.3, 0.4) is 0 Å². The van der Waals surface area contributed by atoms with Crippen LogP contribution < -0.4 is 0 Å². The average molecular weight is 941 g/mol. The van der Waals surface area contributed by atoms with Crippen LogP contribution in [0.5, 0.6) is 0 Å². The standard InChI is InChI=1S/C70H70.C2H6/c1-39-22-61(23-40(2)49(39)11)66-35-59(36-67(54(66)16)62-24-41(3)50(12)42(4)25-62)57-32-56(55-20-18-17-19-21-55)33-58(34-57)60-37-68(63-26-43(5)51(13)44(6)27-63)70(65-30-47(9)53(15)48(10)31-65)69(38-60)64-28-45(7)52(14)46(8)29-64;1-2/h17-38H,1-16H3;1-2H3. The summed E-state index contributed by atoms with van der Waals surface area (Å²) in [5, 5.41) is 0. The Labute approximate surface area is 433 Å². The summed E-state index contributed by atoms with van der Waals surface area (Å²) in [5.41, 5.74) is 41.0. The first kappa shape index (κ1) is 51.3. The van der Waals surface area contributed by atoms with E-state index in [1.165, 1.54) is 178 Å². The zero-order chi connectivity index (χ0) is 52.0. The molecular weight excluding hydrogens is 865 g/mol.